The minimum atomic E-state index is 0.610. The van der Waals surface area contributed by atoms with Crippen molar-refractivity contribution in [1.82, 2.24) is 15.6 Å². The Hall–Kier alpha value is -2.48. The van der Waals surface area contributed by atoms with Crippen LogP contribution in [0.1, 0.15) is 21.1 Å². The Labute approximate surface area is 171 Å². The van der Waals surface area contributed by atoms with Crippen LogP contribution in [0.4, 0.5) is 0 Å². The fourth-order valence-corrected chi connectivity index (χ4v) is 3.76. The number of nitrogens with one attached hydrogen (secondary N) is 2. The molecule has 2 N–H and O–H groups in total. The zero-order chi connectivity index (χ0) is 20.5. The molecule has 0 amide bonds. The van der Waals surface area contributed by atoms with E-state index in [1.807, 2.05) is 19.1 Å². The maximum absolute atomic E-state index is 5.53. The number of thiazole rings is 1. The van der Waals surface area contributed by atoms with Gasteiger partial charge in [0, 0.05) is 37.0 Å². The summed E-state index contributed by atoms with van der Waals surface area (Å²) >= 11 is 1.75. The second-order valence-electron chi connectivity index (χ2n) is 6.17. The average molecular weight is 407 g/mol. The van der Waals surface area contributed by atoms with E-state index in [0.717, 1.165) is 41.6 Å². The summed E-state index contributed by atoms with van der Waals surface area (Å²) in [6.07, 6.45) is 1.64. The number of benzene rings is 1. The van der Waals surface area contributed by atoms with Crippen molar-refractivity contribution >= 4 is 17.3 Å². The van der Waals surface area contributed by atoms with Crippen LogP contribution >= 0.6 is 11.3 Å². The van der Waals surface area contributed by atoms with Crippen LogP contribution in [-0.2, 0) is 12.8 Å². The standard InChI is InChI=1S/C20H30N4O3S/c1-13-14(2)28-17(24-13)10-12-23-20(21-3)22-11-9-15-7-8-16(25-4)19(27-6)18(15)26-5/h7-8H,9-12H2,1-6H3,(H2,21,22,23). The van der Waals surface area contributed by atoms with Crippen molar-refractivity contribution in [3.8, 4) is 17.2 Å². The molecule has 7 nitrogen and oxygen atoms in total. The summed E-state index contributed by atoms with van der Waals surface area (Å²) in [7, 11) is 6.63. The Morgan fingerprint density at radius 1 is 1.00 bits per heavy atom. The summed E-state index contributed by atoms with van der Waals surface area (Å²) < 4.78 is 16.3. The third kappa shape index (κ3) is 5.51. The minimum absolute atomic E-state index is 0.610. The molecule has 0 atom stereocenters. The molecule has 0 aliphatic rings. The molecule has 0 fully saturated rings. The van der Waals surface area contributed by atoms with Crippen molar-refractivity contribution in [2.24, 2.45) is 4.99 Å². The van der Waals surface area contributed by atoms with Crippen molar-refractivity contribution < 1.29 is 14.2 Å². The summed E-state index contributed by atoms with van der Waals surface area (Å²) in [6, 6.07) is 3.88. The lowest BCUT2D eigenvalue weighted by Gasteiger charge is -2.16. The monoisotopic (exact) mass is 406 g/mol. The van der Waals surface area contributed by atoms with E-state index < -0.39 is 0 Å². The highest BCUT2D eigenvalue weighted by Gasteiger charge is 2.15. The zero-order valence-corrected chi connectivity index (χ0v) is 18.3. The highest BCUT2D eigenvalue weighted by Crippen LogP contribution is 2.39. The van der Waals surface area contributed by atoms with Crippen molar-refractivity contribution in [2.45, 2.75) is 26.7 Å². The summed E-state index contributed by atoms with van der Waals surface area (Å²) in [5, 5.41) is 7.81. The predicted molar refractivity (Wildman–Crippen MR) is 114 cm³/mol. The highest BCUT2D eigenvalue weighted by atomic mass is 32.1. The maximum atomic E-state index is 5.53. The van der Waals surface area contributed by atoms with Crippen molar-refractivity contribution in [1.29, 1.82) is 0 Å². The summed E-state index contributed by atoms with van der Waals surface area (Å²) in [5.41, 5.74) is 2.16. The smallest absolute Gasteiger partial charge is 0.203 e. The number of aryl methyl sites for hydroxylation is 2. The Morgan fingerprint density at radius 2 is 1.68 bits per heavy atom. The SMILES string of the molecule is CN=C(NCCc1nc(C)c(C)s1)NCCc1ccc(OC)c(OC)c1OC. The molecule has 0 unspecified atom stereocenters. The van der Waals surface area contributed by atoms with Gasteiger partial charge < -0.3 is 24.8 Å². The largest absolute Gasteiger partial charge is 0.493 e. The number of hydrogen-bond donors (Lipinski definition) is 2. The van der Waals surface area contributed by atoms with E-state index in [1.54, 1.807) is 39.7 Å². The Balaban J connectivity index is 1.87. The molecule has 0 aliphatic heterocycles. The number of hydrogen-bond acceptors (Lipinski definition) is 6. The first kappa shape index (κ1) is 21.8. The molecule has 8 heteroatoms. The van der Waals surface area contributed by atoms with Gasteiger partial charge in [-0.15, -0.1) is 11.3 Å². The van der Waals surface area contributed by atoms with Crippen LogP contribution in [0.3, 0.4) is 0 Å². The van der Waals surface area contributed by atoms with Crippen LogP contribution < -0.4 is 24.8 Å². The molecule has 0 radical (unpaired) electrons. The Bertz CT molecular complexity index is 785. The molecule has 1 aromatic heterocycles. The molecule has 1 aromatic carbocycles. The predicted octanol–water partition coefficient (Wildman–Crippen LogP) is 2.74. The topological polar surface area (TPSA) is 77.0 Å². The molecule has 0 saturated heterocycles. The number of aliphatic imine (C=N–C) groups is 1. The quantitative estimate of drug-likeness (QED) is 0.493. The minimum Gasteiger partial charge on any atom is -0.493 e. The first-order chi connectivity index (χ1) is 13.5. The van der Waals surface area contributed by atoms with Gasteiger partial charge in [-0.1, -0.05) is 6.07 Å². The lowest BCUT2D eigenvalue weighted by atomic mass is 10.1. The van der Waals surface area contributed by atoms with Gasteiger partial charge in [0.15, 0.2) is 17.5 Å². The van der Waals surface area contributed by atoms with E-state index in [9.17, 15) is 0 Å². The van der Waals surface area contributed by atoms with Gasteiger partial charge >= 0.3 is 0 Å². The van der Waals surface area contributed by atoms with Crippen LogP contribution in [0.15, 0.2) is 17.1 Å². The Kier molecular flexibility index (Phi) is 8.38. The van der Waals surface area contributed by atoms with Crippen molar-refractivity contribution in [2.75, 3.05) is 41.5 Å². The first-order valence-electron chi connectivity index (χ1n) is 9.19. The fourth-order valence-electron chi connectivity index (χ4n) is 2.83. The summed E-state index contributed by atoms with van der Waals surface area (Å²) in [6.45, 7) is 5.64. The van der Waals surface area contributed by atoms with Gasteiger partial charge in [-0.05, 0) is 26.3 Å². The van der Waals surface area contributed by atoms with E-state index >= 15 is 0 Å². The number of methoxy groups -OCH3 is 3. The van der Waals surface area contributed by atoms with Crippen molar-refractivity contribution in [3.63, 3.8) is 0 Å². The molecular weight excluding hydrogens is 376 g/mol. The fraction of sp³-hybridized carbons (Fsp3) is 0.500. The molecule has 0 bridgehead atoms. The van der Waals surface area contributed by atoms with Crippen LogP contribution in [0.25, 0.3) is 0 Å². The Morgan fingerprint density at radius 3 is 2.21 bits per heavy atom. The van der Waals surface area contributed by atoms with E-state index in [1.165, 1.54) is 4.88 Å². The number of nitrogens with zero attached hydrogens (tertiary/aromatic N) is 2. The number of ether oxygens (including phenoxy) is 3. The maximum Gasteiger partial charge on any atom is 0.203 e. The normalized spacial score (nSPS) is 11.3. The lowest BCUT2D eigenvalue weighted by Crippen LogP contribution is -2.39. The van der Waals surface area contributed by atoms with Crippen LogP contribution in [0.2, 0.25) is 0 Å². The number of aromatic nitrogens is 1. The van der Waals surface area contributed by atoms with Gasteiger partial charge in [-0.3, -0.25) is 4.99 Å². The highest BCUT2D eigenvalue weighted by molar-refractivity contribution is 7.11. The molecule has 0 saturated carbocycles. The molecule has 0 aliphatic carbocycles. The molecule has 0 spiro atoms. The number of guanidine groups is 1. The van der Waals surface area contributed by atoms with E-state index in [-0.39, 0.29) is 0 Å². The van der Waals surface area contributed by atoms with Gasteiger partial charge in [-0.2, -0.15) is 0 Å². The summed E-state index contributed by atoms with van der Waals surface area (Å²) in [4.78, 5) is 10.1. The van der Waals surface area contributed by atoms with Gasteiger partial charge in [-0.25, -0.2) is 4.98 Å². The molecule has 2 rings (SSSR count). The van der Waals surface area contributed by atoms with Gasteiger partial charge in [0.05, 0.1) is 32.0 Å². The van der Waals surface area contributed by atoms with Crippen molar-refractivity contribution in [3.05, 3.63) is 33.3 Å². The van der Waals surface area contributed by atoms with Crippen LogP contribution in [0.5, 0.6) is 17.2 Å². The van der Waals surface area contributed by atoms with E-state index in [0.29, 0.717) is 23.8 Å². The lowest BCUT2D eigenvalue weighted by molar-refractivity contribution is 0.322. The van der Waals surface area contributed by atoms with Gasteiger partial charge in [0.1, 0.15) is 0 Å². The third-order valence-corrected chi connectivity index (χ3v) is 5.53. The second-order valence-corrected chi connectivity index (χ2v) is 7.46. The van der Waals surface area contributed by atoms with E-state index in [4.69, 9.17) is 14.2 Å². The molecular formula is C20H30N4O3S. The summed E-state index contributed by atoms with van der Waals surface area (Å²) in [5.74, 6) is 2.73. The first-order valence-corrected chi connectivity index (χ1v) is 10.0. The van der Waals surface area contributed by atoms with Crippen LogP contribution in [-0.4, -0.2) is 52.4 Å². The number of rotatable bonds is 9. The molecule has 2 aromatic rings. The van der Waals surface area contributed by atoms with E-state index in [2.05, 4.69) is 27.5 Å². The molecule has 1 heterocycles. The zero-order valence-electron chi connectivity index (χ0n) is 17.5. The van der Waals surface area contributed by atoms with Gasteiger partial charge in [0.2, 0.25) is 5.75 Å². The molecule has 28 heavy (non-hydrogen) atoms. The second kappa shape index (κ2) is 10.8. The average Bonchev–Trinajstić information content (AvgIpc) is 3.03. The molecule has 154 valence electrons. The third-order valence-electron chi connectivity index (χ3n) is 4.40. The van der Waals surface area contributed by atoms with Crippen LogP contribution in [0, 0.1) is 13.8 Å². The van der Waals surface area contributed by atoms with Gasteiger partial charge in [0.25, 0.3) is 0 Å².